The summed E-state index contributed by atoms with van der Waals surface area (Å²) in [7, 11) is 0. The van der Waals surface area contributed by atoms with E-state index in [0.717, 1.165) is 55.8 Å². The van der Waals surface area contributed by atoms with Crippen molar-refractivity contribution in [1.82, 2.24) is 19.4 Å². The minimum absolute atomic E-state index is 0.00601. The summed E-state index contributed by atoms with van der Waals surface area (Å²) in [4.78, 5) is 23.4. The van der Waals surface area contributed by atoms with E-state index in [-0.39, 0.29) is 29.9 Å². The number of carbonyl (C=O) groups is 1. The third-order valence-electron chi connectivity index (χ3n) is 7.76. The molecule has 2 aromatic carbocycles. The zero-order valence-corrected chi connectivity index (χ0v) is 23.0. The number of benzene rings is 2. The molecular formula is C31H31FN6O4. The molecule has 2 aliphatic rings. The minimum Gasteiger partial charge on any atom is -0.478 e. The van der Waals surface area contributed by atoms with Gasteiger partial charge in [-0.2, -0.15) is 10.2 Å². The van der Waals surface area contributed by atoms with Gasteiger partial charge in [0, 0.05) is 30.8 Å². The zero-order valence-electron chi connectivity index (χ0n) is 23.0. The maximum absolute atomic E-state index is 14.2. The summed E-state index contributed by atoms with van der Waals surface area (Å²) in [5, 5.41) is 22.0. The van der Waals surface area contributed by atoms with Crippen LogP contribution < -0.4 is 10.1 Å². The summed E-state index contributed by atoms with van der Waals surface area (Å²) >= 11 is 0. The molecule has 4 aromatic rings. The number of anilines is 1. The molecule has 0 radical (unpaired) electrons. The lowest BCUT2D eigenvalue weighted by molar-refractivity contribution is -0.0592. The number of imidazole rings is 1. The Morgan fingerprint density at radius 2 is 2.07 bits per heavy atom. The predicted octanol–water partition coefficient (Wildman–Crippen LogP) is 4.58. The lowest BCUT2D eigenvalue weighted by atomic mass is 10.1. The Hall–Kier alpha value is -4.53. The molecule has 0 aliphatic carbocycles. The third kappa shape index (κ3) is 6.20. The summed E-state index contributed by atoms with van der Waals surface area (Å²) in [6.45, 7) is 3.74. The first-order valence-electron chi connectivity index (χ1n) is 14.1. The summed E-state index contributed by atoms with van der Waals surface area (Å²) in [5.41, 5.74) is 2.45. The maximum Gasteiger partial charge on any atom is 0.335 e. The van der Waals surface area contributed by atoms with Gasteiger partial charge in [-0.25, -0.2) is 14.2 Å². The van der Waals surface area contributed by atoms with E-state index in [1.165, 1.54) is 6.07 Å². The molecular weight excluding hydrogens is 539 g/mol. The number of aromatic nitrogens is 3. The summed E-state index contributed by atoms with van der Waals surface area (Å²) in [5.74, 6) is 0.508. The Balaban J connectivity index is 1.11. The number of pyridine rings is 1. The first-order chi connectivity index (χ1) is 20.4. The van der Waals surface area contributed by atoms with Gasteiger partial charge in [0.05, 0.1) is 47.4 Å². The molecule has 2 saturated heterocycles. The fraction of sp³-hybridized carbons (Fsp3) is 0.355. The number of carboxylic acid groups (broad SMARTS) is 1. The molecule has 2 aliphatic heterocycles. The van der Waals surface area contributed by atoms with Crippen LogP contribution in [0.15, 0.2) is 54.6 Å². The lowest BCUT2D eigenvalue weighted by Crippen LogP contribution is -2.42. The van der Waals surface area contributed by atoms with Gasteiger partial charge in [0.25, 0.3) is 0 Å². The number of hydrogen-bond donors (Lipinski definition) is 2. The van der Waals surface area contributed by atoms with Gasteiger partial charge in [-0.05, 0) is 62.2 Å². The molecule has 10 nitrogen and oxygen atoms in total. The average molecular weight is 571 g/mol. The van der Waals surface area contributed by atoms with Gasteiger partial charge >= 0.3 is 5.97 Å². The summed E-state index contributed by atoms with van der Waals surface area (Å²) < 4.78 is 27.8. The van der Waals surface area contributed by atoms with Gasteiger partial charge in [-0.3, -0.25) is 4.90 Å². The van der Waals surface area contributed by atoms with Crippen molar-refractivity contribution in [1.29, 1.82) is 5.26 Å². The molecule has 216 valence electrons. The predicted molar refractivity (Wildman–Crippen MR) is 153 cm³/mol. The number of carboxylic acids is 1. The number of ether oxygens (including phenoxy) is 2. The molecule has 2 atom stereocenters. The Kier molecular flexibility index (Phi) is 7.99. The lowest BCUT2D eigenvalue weighted by Gasteiger charge is -2.33. The maximum atomic E-state index is 14.2. The van der Waals surface area contributed by atoms with Gasteiger partial charge in [-0.15, -0.1) is 0 Å². The molecule has 6 rings (SSSR count). The van der Waals surface area contributed by atoms with Gasteiger partial charge in [0.1, 0.15) is 24.1 Å². The molecule has 0 bridgehead atoms. The number of rotatable bonds is 10. The highest BCUT2D eigenvalue weighted by Crippen LogP contribution is 2.25. The van der Waals surface area contributed by atoms with Gasteiger partial charge in [0.2, 0.25) is 5.88 Å². The summed E-state index contributed by atoms with van der Waals surface area (Å²) in [6.07, 6.45) is 3.07. The number of fused-ring (bicyclic) bond motifs is 1. The summed E-state index contributed by atoms with van der Waals surface area (Å²) in [6, 6.07) is 16.9. The van der Waals surface area contributed by atoms with Crippen LogP contribution in [0.1, 0.15) is 46.6 Å². The van der Waals surface area contributed by atoms with Crippen molar-refractivity contribution < 1.29 is 23.8 Å². The van der Waals surface area contributed by atoms with Crippen molar-refractivity contribution in [2.75, 3.05) is 25.0 Å². The van der Waals surface area contributed by atoms with E-state index >= 15 is 0 Å². The van der Waals surface area contributed by atoms with Crippen LogP contribution in [0, 0.1) is 17.1 Å². The largest absolute Gasteiger partial charge is 0.478 e. The van der Waals surface area contributed by atoms with Crippen LogP contribution in [0.2, 0.25) is 0 Å². The van der Waals surface area contributed by atoms with Crippen LogP contribution >= 0.6 is 0 Å². The fourth-order valence-electron chi connectivity index (χ4n) is 5.45. The second kappa shape index (κ2) is 12.1. The number of nitrogens with zero attached hydrogens (tertiary/aromatic N) is 5. The van der Waals surface area contributed by atoms with Crippen molar-refractivity contribution in [2.45, 2.75) is 51.1 Å². The number of nitrogens with one attached hydrogen (secondary N) is 1. The molecule has 2 N–H and O–H groups in total. The topological polar surface area (TPSA) is 126 Å². The van der Waals surface area contributed by atoms with Crippen molar-refractivity contribution >= 4 is 22.8 Å². The highest BCUT2D eigenvalue weighted by molar-refractivity contribution is 5.92. The van der Waals surface area contributed by atoms with E-state index in [1.54, 1.807) is 36.4 Å². The highest BCUT2D eigenvalue weighted by Gasteiger charge is 2.26. The van der Waals surface area contributed by atoms with E-state index in [9.17, 15) is 14.3 Å². The third-order valence-corrected chi connectivity index (χ3v) is 7.76. The number of piperidine rings is 1. The first kappa shape index (κ1) is 27.6. The van der Waals surface area contributed by atoms with Crippen LogP contribution in [-0.2, 0) is 24.4 Å². The standard InChI is InChI=1S/C31H31FN6O4/c32-25-13-20(15-33)6-7-22(25)19-42-30-5-1-4-28(36-30)34-23-3-2-11-37(16-23)18-29-35-26-9-8-21(31(39)40)14-27(26)38(29)17-24-10-12-41-24/h1,4-9,13-14,23-24H,2-3,10-12,16-19H2,(H,34,36)(H,39,40). The van der Waals surface area contributed by atoms with E-state index in [2.05, 4.69) is 19.8 Å². The SMILES string of the molecule is N#Cc1ccc(COc2cccc(NC3CCCN(Cc4nc5ccc(C(=O)O)cc5n4CC4CCO4)C3)n2)c(F)c1. The molecule has 11 heteroatoms. The average Bonchev–Trinajstić information content (AvgIpc) is 3.30. The Morgan fingerprint density at radius 1 is 1.19 bits per heavy atom. The van der Waals surface area contributed by atoms with Crippen molar-refractivity contribution in [3.8, 4) is 11.9 Å². The van der Waals surface area contributed by atoms with E-state index in [4.69, 9.17) is 19.7 Å². The van der Waals surface area contributed by atoms with Crippen LogP contribution in [0.5, 0.6) is 5.88 Å². The van der Waals surface area contributed by atoms with Crippen LogP contribution in [0.4, 0.5) is 10.2 Å². The number of aromatic carboxylic acids is 1. The Bertz CT molecular complexity index is 1650. The molecule has 0 saturated carbocycles. The van der Waals surface area contributed by atoms with Crippen LogP contribution in [0.25, 0.3) is 11.0 Å². The molecule has 0 spiro atoms. The normalized spacial score (nSPS) is 18.8. The van der Waals surface area contributed by atoms with Crippen LogP contribution in [-0.4, -0.2) is 62.4 Å². The molecule has 2 fully saturated rings. The monoisotopic (exact) mass is 570 g/mol. The van der Waals surface area contributed by atoms with Crippen LogP contribution in [0.3, 0.4) is 0 Å². The second-order valence-electron chi connectivity index (χ2n) is 10.7. The van der Waals surface area contributed by atoms with Gasteiger partial charge in [0.15, 0.2) is 0 Å². The Morgan fingerprint density at radius 3 is 2.83 bits per heavy atom. The second-order valence-corrected chi connectivity index (χ2v) is 10.7. The number of halogens is 1. The zero-order chi connectivity index (χ0) is 29.1. The fourth-order valence-corrected chi connectivity index (χ4v) is 5.45. The number of hydrogen-bond acceptors (Lipinski definition) is 8. The number of nitriles is 1. The van der Waals surface area contributed by atoms with E-state index < -0.39 is 11.8 Å². The molecule has 0 amide bonds. The molecule has 2 unspecified atom stereocenters. The van der Waals surface area contributed by atoms with E-state index in [1.807, 2.05) is 18.2 Å². The molecule has 42 heavy (non-hydrogen) atoms. The molecule has 2 aromatic heterocycles. The van der Waals surface area contributed by atoms with Gasteiger partial charge < -0.3 is 24.5 Å². The molecule has 4 heterocycles. The van der Waals surface area contributed by atoms with Crippen molar-refractivity contribution in [3.05, 3.63) is 82.9 Å². The van der Waals surface area contributed by atoms with Gasteiger partial charge in [-0.1, -0.05) is 12.1 Å². The first-order valence-corrected chi connectivity index (χ1v) is 14.1. The minimum atomic E-state index is -0.958. The smallest absolute Gasteiger partial charge is 0.335 e. The highest BCUT2D eigenvalue weighted by atomic mass is 19.1. The quantitative estimate of drug-likeness (QED) is 0.282. The van der Waals surface area contributed by atoms with Crippen molar-refractivity contribution in [2.24, 2.45) is 0 Å². The van der Waals surface area contributed by atoms with Crippen molar-refractivity contribution in [3.63, 3.8) is 0 Å². The Labute approximate surface area is 242 Å². The number of likely N-dealkylation sites (tertiary alicyclic amines) is 1. The van der Waals surface area contributed by atoms with E-state index in [0.29, 0.717) is 30.4 Å².